The van der Waals surface area contributed by atoms with Crippen molar-refractivity contribution in [1.29, 1.82) is 0 Å². The van der Waals surface area contributed by atoms with E-state index in [9.17, 15) is 9.59 Å². The maximum atomic E-state index is 10.8. The molecule has 234 valence electrons. The van der Waals surface area contributed by atoms with Crippen molar-refractivity contribution in [2.24, 2.45) is 0 Å². The van der Waals surface area contributed by atoms with Gasteiger partial charge in [-0.05, 0) is 86.5 Å². The Morgan fingerprint density at radius 3 is 1.61 bits per heavy atom. The number of carbonyl (C=O) groups is 2. The summed E-state index contributed by atoms with van der Waals surface area (Å²) < 4.78 is 0. The molecular formula is C37H62O4. The molecule has 0 radical (unpaired) electrons. The molecule has 0 aliphatic heterocycles. The third kappa shape index (κ3) is 19.6. The molecule has 0 atom stereocenters. The minimum absolute atomic E-state index is 0.291. The van der Waals surface area contributed by atoms with Gasteiger partial charge in [0.1, 0.15) is 0 Å². The molecule has 0 bridgehead atoms. The van der Waals surface area contributed by atoms with Gasteiger partial charge >= 0.3 is 11.9 Å². The van der Waals surface area contributed by atoms with Crippen LogP contribution in [0, 0.1) is 0 Å². The summed E-state index contributed by atoms with van der Waals surface area (Å²) in [6.45, 7) is 4.56. The molecule has 0 saturated carbocycles. The van der Waals surface area contributed by atoms with E-state index in [2.05, 4.69) is 38.1 Å². The van der Waals surface area contributed by atoms with Gasteiger partial charge in [-0.2, -0.15) is 0 Å². The van der Waals surface area contributed by atoms with E-state index in [1.54, 1.807) is 16.7 Å². The summed E-state index contributed by atoms with van der Waals surface area (Å²) >= 11 is 0. The quantitative estimate of drug-likeness (QED) is 0.0982. The van der Waals surface area contributed by atoms with Gasteiger partial charge in [0, 0.05) is 12.8 Å². The van der Waals surface area contributed by atoms with Crippen LogP contribution >= 0.6 is 0 Å². The Hall–Kier alpha value is -2.10. The number of aryl methyl sites for hydroxylation is 1. The summed E-state index contributed by atoms with van der Waals surface area (Å²) in [7, 11) is 0. The summed E-state index contributed by atoms with van der Waals surface area (Å²) in [5.41, 5.74) is 6.18. The average molecular weight is 571 g/mol. The molecule has 0 unspecified atom stereocenters. The van der Waals surface area contributed by atoms with Gasteiger partial charge in [-0.3, -0.25) is 9.59 Å². The Labute approximate surface area is 252 Å². The number of allylic oxidation sites excluding steroid dienone is 1. The Bertz CT molecular complexity index is 842. The van der Waals surface area contributed by atoms with Crippen molar-refractivity contribution in [3.05, 3.63) is 40.5 Å². The standard InChI is InChI=1S/C37H62O4/c1-3-5-7-13-20-26-34-32(24-18-8-6-4-2)30-31-33(25-19-14-10-9-11-16-22-28-36(38)39)35(34)27-21-15-12-17-23-29-37(40)41/h19,25,30-31H,3-18,20-24,26-29H2,1-2H3,(H,38,39)(H,40,41)/b25-19+. The number of unbranched alkanes of at least 4 members (excludes halogenated alkanes) is 16. The van der Waals surface area contributed by atoms with Gasteiger partial charge in [0.05, 0.1) is 0 Å². The number of aliphatic carboxylic acids is 2. The van der Waals surface area contributed by atoms with Crippen LogP contribution in [0.5, 0.6) is 0 Å². The van der Waals surface area contributed by atoms with Crippen LogP contribution in [0.4, 0.5) is 0 Å². The predicted octanol–water partition coefficient (Wildman–Crippen LogP) is 11.1. The second-order valence-corrected chi connectivity index (χ2v) is 12.0. The highest BCUT2D eigenvalue weighted by atomic mass is 16.4. The van der Waals surface area contributed by atoms with E-state index < -0.39 is 11.9 Å². The molecular weight excluding hydrogens is 508 g/mol. The minimum atomic E-state index is -0.686. The van der Waals surface area contributed by atoms with E-state index in [-0.39, 0.29) is 0 Å². The number of rotatable bonds is 28. The zero-order valence-electron chi connectivity index (χ0n) is 26.7. The lowest BCUT2D eigenvalue weighted by Crippen LogP contribution is -2.05. The van der Waals surface area contributed by atoms with Gasteiger partial charge in [-0.15, -0.1) is 0 Å². The first kappa shape index (κ1) is 36.9. The van der Waals surface area contributed by atoms with Crippen molar-refractivity contribution in [3.63, 3.8) is 0 Å². The summed E-state index contributed by atoms with van der Waals surface area (Å²) in [5.74, 6) is -1.37. The highest BCUT2D eigenvalue weighted by molar-refractivity contribution is 5.66. The third-order valence-corrected chi connectivity index (χ3v) is 8.27. The lowest BCUT2D eigenvalue weighted by molar-refractivity contribution is -0.138. The molecule has 4 heteroatoms. The molecule has 0 aromatic heterocycles. The monoisotopic (exact) mass is 570 g/mol. The van der Waals surface area contributed by atoms with E-state index in [1.807, 2.05) is 0 Å². The molecule has 0 spiro atoms. The highest BCUT2D eigenvalue weighted by Crippen LogP contribution is 2.28. The van der Waals surface area contributed by atoms with Crippen molar-refractivity contribution in [1.82, 2.24) is 0 Å². The number of hydrogen-bond donors (Lipinski definition) is 2. The van der Waals surface area contributed by atoms with E-state index in [4.69, 9.17) is 10.2 Å². The lowest BCUT2D eigenvalue weighted by atomic mass is 9.86. The minimum Gasteiger partial charge on any atom is -0.481 e. The van der Waals surface area contributed by atoms with Crippen LogP contribution in [-0.4, -0.2) is 22.2 Å². The second-order valence-electron chi connectivity index (χ2n) is 12.0. The molecule has 0 aliphatic carbocycles. The molecule has 2 N–H and O–H groups in total. The van der Waals surface area contributed by atoms with Gasteiger partial charge in [-0.25, -0.2) is 0 Å². The van der Waals surface area contributed by atoms with Crippen LogP contribution in [0.3, 0.4) is 0 Å². The van der Waals surface area contributed by atoms with E-state index >= 15 is 0 Å². The Balaban J connectivity index is 2.90. The van der Waals surface area contributed by atoms with Crippen LogP contribution in [0.2, 0.25) is 0 Å². The van der Waals surface area contributed by atoms with Crippen LogP contribution in [0.25, 0.3) is 6.08 Å². The first-order valence-electron chi connectivity index (χ1n) is 17.2. The number of carboxylic acid groups (broad SMARTS) is 2. The molecule has 1 aromatic rings. The molecule has 0 saturated heterocycles. The molecule has 0 heterocycles. The van der Waals surface area contributed by atoms with Crippen LogP contribution in [-0.2, 0) is 28.9 Å². The van der Waals surface area contributed by atoms with Crippen LogP contribution < -0.4 is 0 Å². The van der Waals surface area contributed by atoms with E-state index in [1.165, 1.54) is 95.5 Å². The molecule has 1 aromatic carbocycles. The highest BCUT2D eigenvalue weighted by Gasteiger charge is 2.13. The van der Waals surface area contributed by atoms with Crippen LogP contribution in [0.1, 0.15) is 177 Å². The first-order chi connectivity index (χ1) is 20.0. The van der Waals surface area contributed by atoms with Gasteiger partial charge < -0.3 is 10.2 Å². The van der Waals surface area contributed by atoms with E-state index in [0.29, 0.717) is 12.8 Å². The average Bonchev–Trinajstić information content (AvgIpc) is 2.94. The Kier molecular flexibility index (Phi) is 23.1. The number of hydrogen-bond acceptors (Lipinski definition) is 2. The van der Waals surface area contributed by atoms with Gasteiger partial charge in [0.2, 0.25) is 0 Å². The lowest BCUT2D eigenvalue weighted by Gasteiger charge is -2.19. The summed E-state index contributed by atoms with van der Waals surface area (Å²) in [5, 5.41) is 17.7. The zero-order valence-corrected chi connectivity index (χ0v) is 26.7. The SMILES string of the molecule is CCCCCCCc1c(CCCCCC)ccc(/C=C/CCCCCCCC(=O)O)c1CCCCCCCC(=O)O. The maximum absolute atomic E-state index is 10.8. The smallest absolute Gasteiger partial charge is 0.303 e. The summed E-state index contributed by atoms with van der Waals surface area (Å²) in [6, 6.07) is 4.80. The number of benzene rings is 1. The summed E-state index contributed by atoms with van der Waals surface area (Å²) in [6.07, 6.45) is 32.1. The Morgan fingerprint density at radius 2 is 1.02 bits per heavy atom. The topological polar surface area (TPSA) is 74.6 Å². The normalized spacial score (nSPS) is 11.5. The van der Waals surface area contributed by atoms with Crippen molar-refractivity contribution < 1.29 is 19.8 Å². The summed E-state index contributed by atoms with van der Waals surface area (Å²) in [4.78, 5) is 21.5. The Morgan fingerprint density at radius 1 is 0.561 bits per heavy atom. The molecule has 0 aliphatic rings. The second kappa shape index (κ2) is 25.6. The molecule has 1 rings (SSSR count). The molecule has 4 nitrogen and oxygen atoms in total. The zero-order chi connectivity index (χ0) is 30.0. The van der Waals surface area contributed by atoms with Crippen molar-refractivity contribution in [2.45, 2.75) is 174 Å². The molecule has 41 heavy (non-hydrogen) atoms. The number of carboxylic acids is 2. The third-order valence-electron chi connectivity index (χ3n) is 8.27. The van der Waals surface area contributed by atoms with Crippen molar-refractivity contribution in [3.8, 4) is 0 Å². The fourth-order valence-corrected chi connectivity index (χ4v) is 5.79. The van der Waals surface area contributed by atoms with Crippen molar-refractivity contribution >= 4 is 18.0 Å². The van der Waals surface area contributed by atoms with Gasteiger partial charge in [-0.1, -0.05) is 122 Å². The fourth-order valence-electron chi connectivity index (χ4n) is 5.79. The van der Waals surface area contributed by atoms with Crippen LogP contribution in [0.15, 0.2) is 18.2 Å². The molecule has 0 fully saturated rings. The van der Waals surface area contributed by atoms with Gasteiger partial charge in [0.15, 0.2) is 0 Å². The van der Waals surface area contributed by atoms with Gasteiger partial charge in [0.25, 0.3) is 0 Å². The largest absolute Gasteiger partial charge is 0.481 e. The fraction of sp³-hybridized carbons (Fsp3) is 0.730. The maximum Gasteiger partial charge on any atom is 0.303 e. The van der Waals surface area contributed by atoms with Crippen molar-refractivity contribution in [2.75, 3.05) is 0 Å². The first-order valence-corrected chi connectivity index (χ1v) is 17.2. The molecule has 0 amide bonds. The predicted molar refractivity (Wildman–Crippen MR) is 175 cm³/mol. The van der Waals surface area contributed by atoms with E-state index in [0.717, 1.165) is 57.8 Å².